The Hall–Kier alpha value is -1.55. The third-order valence-electron chi connectivity index (χ3n) is 1.71. The fourth-order valence-corrected chi connectivity index (χ4v) is 0.973. The molecule has 4 N–H and O–H groups in total. The molecule has 1 aromatic rings. The van der Waals surface area contributed by atoms with Gasteiger partial charge in [-0.2, -0.15) is 0 Å². The quantitative estimate of drug-likeness (QED) is 0.629. The van der Waals surface area contributed by atoms with Gasteiger partial charge in [-0.25, -0.2) is 0 Å². The third kappa shape index (κ3) is 2.76. The summed E-state index contributed by atoms with van der Waals surface area (Å²) in [7, 11) is 0. The zero-order valence-corrected chi connectivity index (χ0v) is 6.97. The molecular weight excluding hydrogens is 171 g/mol. The van der Waals surface area contributed by atoms with Gasteiger partial charge in [0.25, 0.3) is 0 Å². The first-order valence-electron chi connectivity index (χ1n) is 3.86. The molecule has 70 valence electrons. The molecule has 0 aromatic heterocycles. The van der Waals surface area contributed by atoms with Crippen LogP contribution in [0.3, 0.4) is 0 Å². The number of aromatic hydroxyl groups is 1. The first kappa shape index (κ1) is 9.54. The molecule has 0 bridgehead atoms. The molecule has 4 nitrogen and oxygen atoms in total. The van der Waals surface area contributed by atoms with Crippen molar-refractivity contribution < 1.29 is 15.0 Å². The van der Waals surface area contributed by atoms with Gasteiger partial charge in [0.05, 0.1) is 0 Å². The normalized spacial score (nSPS) is 12.4. The fraction of sp³-hybridized carbons (Fsp3) is 0.222. The van der Waals surface area contributed by atoms with Crippen molar-refractivity contribution >= 4 is 5.97 Å². The van der Waals surface area contributed by atoms with Gasteiger partial charge in [0.2, 0.25) is 0 Å². The van der Waals surface area contributed by atoms with E-state index in [0.29, 0.717) is 0 Å². The number of carbonyl (C=O) groups is 1. The minimum atomic E-state index is -1.02. The summed E-state index contributed by atoms with van der Waals surface area (Å²) in [4.78, 5) is 10.4. The Morgan fingerprint density at radius 3 is 2.38 bits per heavy atom. The molecule has 0 aliphatic heterocycles. The van der Waals surface area contributed by atoms with Gasteiger partial charge < -0.3 is 15.9 Å². The summed E-state index contributed by atoms with van der Waals surface area (Å²) < 4.78 is 0. The number of benzene rings is 1. The zero-order chi connectivity index (χ0) is 9.84. The third-order valence-corrected chi connectivity index (χ3v) is 1.71. The number of carboxylic acid groups (broad SMARTS) is 1. The highest BCUT2D eigenvalue weighted by atomic mass is 16.4. The minimum absolute atomic E-state index is 0.160. The Bertz CT molecular complexity index is 294. The number of hydrogen-bond donors (Lipinski definition) is 3. The maximum absolute atomic E-state index is 10.4. The monoisotopic (exact) mass is 182 g/mol. The Balaban J connectivity index is 2.64. The predicted octanol–water partition coefficient (Wildman–Crippen LogP) is 0.347. The molecule has 0 saturated carbocycles. The molecule has 1 aromatic carbocycles. The molecular formula is C9H11NO3. The summed E-state index contributed by atoms with van der Waals surface area (Å²) in [6, 6.07) is 5.42. The molecule has 0 amide bonds. The van der Waals surface area contributed by atoms with Crippen molar-refractivity contribution in [1.29, 1.82) is 0 Å². The number of rotatable bonds is 3. The van der Waals surface area contributed by atoms with Crippen LogP contribution in [0, 0.1) is 0 Å². The van der Waals surface area contributed by atoms with E-state index in [2.05, 4.69) is 0 Å². The van der Waals surface area contributed by atoms with Crippen LogP contribution in [-0.4, -0.2) is 22.2 Å². The number of phenolic OH excluding ortho intramolecular Hbond substituents is 1. The number of hydrogen-bond acceptors (Lipinski definition) is 3. The molecule has 0 aliphatic rings. The van der Waals surface area contributed by atoms with Crippen LogP contribution in [-0.2, 0) is 11.2 Å². The van der Waals surface area contributed by atoms with E-state index in [4.69, 9.17) is 15.9 Å². The SMILES string of the molecule is NC(C[13c]1ccc(O)cc1)C(=O)O. The van der Waals surface area contributed by atoms with Crippen molar-refractivity contribution in [3.8, 4) is 5.75 Å². The average molecular weight is 182 g/mol. The highest BCUT2D eigenvalue weighted by Crippen LogP contribution is 2.10. The van der Waals surface area contributed by atoms with Crippen LogP contribution in [0.15, 0.2) is 24.3 Å². The summed E-state index contributed by atoms with van der Waals surface area (Å²) in [5, 5.41) is 17.5. The lowest BCUT2D eigenvalue weighted by molar-refractivity contribution is -0.138. The van der Waals surface area contributed by atoms with Crippen LogP contribution in [0.5, 0.6) is 5.75 Å². The lowest BCUT2D eigenvalue weighted by Crippen LogP contribution is -2.32. The van der Waals surface area contributed by atoms with E-state index in [1.807, 2.05) is 0 Å². The Kier molecular flexibility index (Phi) is 2.87. The second kappa shape index (κ2) is 3.91. The summed E-state index contributed by atoms with van der Waals surface area (Å²) in [6.45, 7) is 0. The second-order valence-corrected chi connectivity index (χ2v) is 2.82. The molecule has 0 spiro atoms. The summed E-state index contributed by atoms with van der Waals surface area (Å²) in [6.07, 6.45) is 0.273. The van der Waals surface area contributed by atoms with Crippen LogP contribution >= 0.6 is 0 Å². The fourth-order valence-electron chi connectivity index (χ4n) is 0.973. The zero-order valence-electron chi connectivity index (χ0n) is 6.97. The number of aliphatic carboxylic acids is 1. The van der Waals surface area contributed by atoms with E-state index in [0.717, 1.165) is 5.56 Å². The van der Waals surface area contributed by atoms with Gasteiger partial charge in [-0.15, -0.1) is 0 Å². The molecule has 1 unspecified atom stereocenters. The Morgan fingerprint density at radius 2 is 1.92 bits per heavy atom. The molecule has 0 radical (unpaired) electrons. The average Bonchev–Trinajstić information content (AvgIpc) is 2.08. The molecule has 1 atom stereocenters. The van der Waals surface area contributed by atoms with Crippen molar-refractivity contribution in [2.24, 2.45) is 5.73 Å². The van der Waals surface area contributed by atoms with E-state index < -0.39 is 12.0 Å². The molecule has 1 rings (SSSR count). The topological polar surface area (TPSA) is 83.5 Å². The van der Waals surface area contributed by atoms with Crippen molar-refractivity contribution in [3.63, 3.8) is 0 Å². The van der Waals surface area contributed by atoms with Gasteiger partial charge in [-0.3, -0.25) is 4.79 Å². The molecule has 0 saturated heterocycles. The highest BCUT2D eigenvalue weighted by molar-refractivity contribution is 5.73. The summed E-state index contributed by atoms with van der Waals surface area (Å²) in [5.74, 6) is -0.860. The van der Waals surface area contributed by atoms with E-state index in [1.165, 1.54) is 12.1 Å². The summed E-state index contributed by atoms with van der Waals surface area (Å²) >= 11 is 0. The van der Waals surface area contributed by atoms with Gasteiger partial charge in [-0.05, 0) is 24.1 Å². The van der Waals surface area contributed by atoms with Crippen LogP contribution in [0.25, 0.3) is 0 Å². The molecule has 4 heteroatoms. The predicted molar refractivity (Wildman–Crippen MR) is 47.4 cm³/mol. The number of nitrogens with two attached hydrogens (primary N) is 1. The van der Waals surface area contributed by atoms with Gasteiger partial charge in [0, 0.05) is 0 Å². The maximum Gasteiger partial charge on any atom is 0.320 e. The van der Waals surface area contributed by atoms with Crippen LogP contribution in [0.2, 0.25) is 0 Å². The largest absolute Gasteiger partial charge is 0.508 e. The lowest BCUT2D eigenvalue weighted by atomic mass is 10.2. The van der Waals surface area contributed by atoms with Gasteiger partial charge in [0.15, 0.2) is 0 Å². The van der Waals surface area contributed by atoms with Crippen molar-refractivity contribution in [2.75, 3.05) is 0 Å². The molecule has 13 heavy (non-hydrogen) atoms. The summed E-state index contributed by atoms with van der Waals surface area (Å²) in [5.41, 5.74) is 6.12. The van der Waals surface area contributed by atoms with E-state index in [9.17, 15) is 4.79 Å². The van der Waals surface area contributed by atoms with Crippen LogP contribution in [0.4, 0.5) is 0 Å². The molecule has 0 fully saturated rings. The minimum Gasteiger partial charge on any atom is -0.508 e. The number of carboxylic acids is 1. The van der Waals surface area contributed by atoms with Crippen molar-refractivity contribution in [2.45, 2.75) is 12.5 Å². The van der Waals surface area contributed by atoms with E-state index in [1.54, 1.807) is 12.1 Å². The molecule has 0 aliphatic carbocycles. The Morgan fingerprint density at radius 1 is 1.38 bits per heavy atom. The van der Waals surface area contributed by atoms with Gasteiger partial charge >= 0.3 is 5.97 Å². The number of phenols is 1. The maximum atomic E-state index is 10.4. The highest BCUT2D eigenvalue weighted by Gasteiger charge is 2.11. The van der Waals surface area contributed by atoms with E-state index >= 15 is 0 Å². The van der Waals surface area contributed by atoms with Crippen LogP contribution < -0.4 is 5.73 Å². The first-order chi connectivity index (χ1) is 6.09. The lowest BCUT2D eigenvalue weighted by Gasteiger charge is -2.05. The standard InChI is InChI=1S/C9H11NO3/c10-8(9(12)13)5-6-1-3-7(11)4-2-6/h1-4,8,11H,5,10H2,(H,12,13)/i6+1. The van der Waals surface area contributed by atoms with Gasteiger partial charge in [-0.1, -0.05) is 12.1 Å². The van der Waals surface area contributed by atoms with E-state index in [-0.39, 0.29) is 12.2 Å². The smallest absolute Gasteiger partial charge is 0.320 e. The van der Waals surface area contributed by atoms with Gasteiger partial charge in [0.1, 0.15) is 11.8 Å². The first-order valence-corrected chi connectivity index (χ1v) is 3.86. The molecule has 0 heterocycles. The van der Waals surface area contributed by atoms with Crippen LogP contribution in [0.1, 0.15) is 5.56 Å². The second-order valence-electron chi connectivity index (χ2n) is 2.82. The Labute approximate surface area is 75.6 Å². The van der Waals surface area contributed by atoms with Crippen molar-refractivity contribution in [1.82, 2.24) is 0 Å². The van der Waals surface area contributed by atoms with Crippen molar-refractivity contribution in [3.05, 3.63) is 29.8 Å².